The van der Waals surface area contributed by atoms with E-state index in [1.54, 1.807) is 6.20 Å². The number of nitrogens with one attached hydrogen (secondary N) is 2. The second-order valence-electron chi connectivity index (χ2n) is 3.32. The molecule has 13 heavy (non-hydrogen) atoms. The van der Waals surface area contributed by atoms with Gasteiger partial charge in [-0.05, 0) is 17.7 Å². The first-order valence-electron chi connectivity index (χ1n) is 4.52. The molecule has 1 aliphatic heterocycles. The number of fused-ring (bicyclic) bond motifs is 3. The van der Waals surface area contributed by atoms with Crippen molar-refractivity contribution < 1.29 is 0 Å². The van der Waals surface area contributed by atoms with Crippen molar-refractivity contribution in [3.8, 4) is 0 Å². The third kappa shape index (κ3) is 0.971. The average Bonchev–Trinajstić information content (AvgIpc) is 2.56. The van der Waals surface area contributed by atoms with Crippen molar-refractivity contribution in [1.82, 2.24) is 15.3 Å². The molecule has 2 aromatic heterocycles. The van der Waals surface area contributed by atoms with E-state index in [0.29, 0.717) is 0 Å². The Morgan fingerprint density at radius 1 is 1.46 bits per heavy atom. The molecule has 0 aliphatic carbocycles. The second kappa shape index (κ2) is 2.57. The molecule has 3 nitrogen and oxygen atoms in total. The highest BCUT2D eigenvalue weighted by Crippen LogP contribution is 2.22. The Kier molecular flexibility index (Phi) is 1.40. The fourth-order valence-electron chi connectivity index (χ4n) is 1.89. The first-order valence-corrected chi connectivity index (χ1v) is 4.52. The van der Waals surface area contributed by atoms with Crippen molar-refractivity contribution in [1.29, 1.82) is 0 Å². The Bertz CT molecular complexity index is 444. The monoisotopic (exact) mass is 172 g/mol. The van der Waals surface area contributed by atoms with Gasteiger partial charge in [-0.25, -0.2) is 4.98 Å². The summed E-state index contributed by atoms with van der Waals surface area (Å²) in [5.41, 5.74) is 3.63. The Morgan fingerprint density at radius 3 is 3.46 bits per heavy atom. The molecule has 3 heteroatoms. The van der Waals surface area contributed by atoms with Crippen LogP contribution in [-0.4, -0.2) is 16.5 Å². The van der Waals surface area contributed by atoms with Crippen LogP contribution >= 0.6 is 0 Å². The van der Waals surface area contributed by atoms with Gasteiger partial charge in [0.05, 0.1) is 0 Å². The van der Waals surface area contributed by atoms with Gasteiger partial charge in [-0.15, -0.1) is 0 Å². The van der Waals surface area contributed by atoms with Gasteiger partial charge in [-0.1, -0.05) is 0 Å². The number of aromatic amines is 1. The van der Waals surface area contributed by atoms with Gasteiger partial charge in [0, 0.05) is 36.8 Å². The lowest BCUT2D eigenvalue weighted by Gasteiger charge is -2.11. The summed E-state index contributed by atoms with van der Waals surface area (Å²) < 4.78 is 0. The molecule has 2 N–H and O–H groups in total. The van der Waals surface area contributed by atoms with Crippen LogP contribution in [0.1, 0.15) is 11.3 Å². The summed E-state index contributed by atoms with van der Waals surface area (Å²) in [4.78, 5) is 7.61. The summed E-state index contributed by atoms with van der Waals surface area (Å²) in [6.07, 6.45) is 2.84. The third-order valence-corrected chi connectivity index (χ3v) is 2.53. The average molecular weight is 172 g/mol. The molecule has 65 valence electrons. The first-order chi connectivity index (χ1) is 6.45. The zero-order valence-corrected chi connectivity index (χ0v) is 7.22. The molecule has 0 amide bonds. The summed E-state index contributed by atoms with van der Waals surface area (Å²) in [7, 11) is 0. The molecular weight excluding hydrogens is 162 g/mol. The van der Waals surface area contributed by atoms with Gasteiger partial charge < -0.3 is 10.3 Å². The zero-order valence-electron chi connectivity index (χ0n) is 7.22. The molecular formula is C10H10N3. The van der Waals surface area contributed by atoms with Crippen molar-refractivity contribution in [3.05, 3.63) is 29.6 Å². The van der Waals surface area contributed by atoms with Gasteiger partial charge >= 0.3 is 0 Å². The van der Waals surface area contributed by atoms with E-state index < -0.39 is 0 Å². The number of pyridine rings is 1. The second-order valence-corrected chi connectivity index (χ2v) is 3.32. The maximum Gasteiger partial charge on any atom is 0.138 e. The van der Waals surface area contributed by atoms with E-state index in [9.17, 15) is 0 Å². The Hall–Kier alpha value is -1.35. The molecule has 0 bridgehead atoms. The van der Waals surface area contributed by atoms with Crippen LogP contribution < -0.4 is 5.32 Å². The first kappa shape index (κ1) is 7.09. The third-order valence-electron chi connectivity index (χ3n) is 2.53. The van der Waals surface area contributed by atoms with Crippen molar-refractivity contribution in [2.24, 2.45) is 0 Å². The van der Waals surface area contributed by atoms with E-state index in [4.69, 9.17) is 0 Å². The van der Waals surface area contributed by atoms with Gasteiger partial charge in [0.1, 0.15) is 5.65 Å². The highest BCUT2D eigenvalue weighted by atomic mass is 14.9. The molecule has 0 spiro atoms. The lowest BCUT2D eigenvalue weighted by Crippen LogP contribution is -2.22. The van der Waals surface area contributed by atoms with Crippen LogP contribution in [0, 0.1) is 6.07 Å². The summed E-state index contributed by atoms with van der Waals surface area (Å²) in [6, 6.07) is 5.09. The molecule has 0 aromatic carbocycles. The number of nitrogens with zero attached hydrogens (tertiary/aromatic N) is 1. The van der Waals surface area contributed by atoms with E-state index in [-0.39, 0.29) is 0 Å². The Morgan fingerprint density at radius 2 is 2.46 bits per heavy atom. The molecule has 0 fully saturated rings. The van der Waals surface area contributed by atoms with Crippen molar-refractivity contribution in [3.63, 3.8) is 0 Å². The quantitative estimate of drug-likeness (QED) is 0.622. The molecule has 0 saturated heterocycles. The molecule has 0 saturated carbocycles. The predicted octanol–water partition coefficient (Wildman–Crippen LogP) is 1.01. The maximum atomic E-state index is 4.27. The minimum atomic E-state index is 0.942. The largest absolute Gasteiger partial charge is 0.343 e. The number of H-pyrrole nitrogens is 1. The zero-order chi connectivity index (χ0) is 8.67. The standard InChI is InChI=1S/C10H10N3/c1-2-7-8-6-11-5-3-9(8)13-10(7)12-4-1/h1,4,11H,3,5-6H2,(H,12,13). The van der Waals surface area contributed by atoms with Gasteiger partial charge in [0.25, 0.3) is 0 Å². The van der Waals surface area contributed by atoms with Crippen LogP contribution in [0.5, 0.6) is 0 Å². The summed E-state index contributed by atoms with van der Waals surface area (Å²) in [5, 5.41) is 4.49. The van der Waals surface area contributed by atoms with Gasteiger partial charge in [-0.2, -0.15) is 0 Å². The van der Waals surface area contributed by atoms with Crippen LogP contribution in [0.15, 0.2) is 12.3 Å². The summed E-state index contributed by atoms with van der Waals surface area (Å²) in [5.74, 6) is 0. The molecule has 2 aromatic rings. The number of rotatable bonds is 0. The molecule has 1 radical (unpaired) electrons. The van der Waals surface area contributed by atoms with Crippen LogP contribution in [0.25, 0.3) is 11.0 Å². The maximum absolute atomic E-state index is 4.27. The van der Waals surface area contributed by atoms with E-state index in [1.165, 1.54) is 11.3 Å². The normalized spacial score (nSPS) is 16.0. The van der Waals surface area contributed by atoms with Crippen molar-refractivity contribution in [2.45, 2.75) is 13.0 Å². The van der Waals surface area contributed by atoms with Crippen LogP contribution in [-0.2, 0) is 13.0 Å². The van der Waals surface area contributed by atoms with Crippen LogP contribution in [0.4, 0.5) is 0 Å². The fourth-order valence-corrected chi connectivity index (χ4v) is 1.89. The highest BCUT2D eigenvalue weighted by Gasteiger charge is 2.14. The van der Waals surface area contributed by atoms with Crippen molar-refractivity contribution in [2.75, 3.05) is 6.54 Å². The van der Waals surface area contributed by atoms with Gasteiger partial charge in [0.2, 0.25) is 0 Å². The van der Waals surface area contributed by atoms with E-state index in [0.717, 1.165) is 30.5 Å². The lowest BCUT2D eigenvalue weighted by atomic mass is 10.1. The van der Waals surface area contributed by atoms with E-state index in [1.807, 2.05) is 6.07 Å². The van der Waals surface area contributed by atoms with Gasteiger partial charge in [-0.3, -0.25) is 0 Å². The van der Waals surface area contributed by atoms with Gasteiger partial charge in [0.15, 0.2) is 0 Å². The lowest BCUT2D eigenvalue weighted by molar-refractivity contribution is 0.640. The topological polar surface area (TPSA) is 40.7 Å². The molecule has 3 rings (SSSR count). The van der Waals surface area contributed by atoms with E-state index >= 15 is 0 Å². The minimum absolute atomic E-state index is 0.942. The molecule has 0 atom stereocenters. The van der Waals surface area contributed by atoms with Crippen molar-refractivity contribution >= 4 is 11.0 Å². The highest BCUT2D eigenvalue weighted by molar-refractivity contribution is 5.80. The van der Waals surface area contributed by atoms with Crippen LogP contribution in [0.2, 0.25) is 0 Å². The Balaban J connectivity index is 2.34. The molecule has 0 unspecified atom stereocenters. The number of hydrogen-bond acceptors (Lipinski definition) is 2. The molecule has 1 aliphatic rings. The van der Waals surface area contributed by atoms with Crippen LogP contribution in [0.3, 0.4) is 0 Å². The minimum Gasteiger partial charge on any atom is -0.343 e. The summed E-state index contributed by atoms with van der Waals surface area (Å²) >= 11 is 0. The van der Waals surface area contributed by atoms with E-state index in [2.05, 4.69) is 21.4 Å². The Labute approximate surface area is 76.2 Å². The number of hydrogen-bond donors (Lipinski definition) is 2. The predicted molar refractivity (Wildman–Crippen MR) is 50.3 cm³/mol. The smallest absolute Gasteiger partial charge is 0.138 e. The number of aromatic nitrogens is 2. The summed E-state index contributed by atoms with van der Waals surface area (Å²) in [6.45, 7) is 2.00. The SMILES string of the molecule is [c]1ccnc2[nH]c3c(c12)CNCC3. The molecule has 3 heterocycles. The fraction of sp³-hybridized carbons (Fsp3) is 0.300.